The van der Waals surface area contributed by atoms with E-state index in [1.54, 1.807) is 11.3 Å². The average Bonchev–Trinajstić information content (AvgIpc) is 3.49. The summed E-state index contributed by atoms with van der Waals surface area (Å²) >= 11 is 1.59. The third kappa shape index (κ3) is 5.91. The van der Waals surface area contributed by atoms with Crippen molar-refractivity contribution >= 4 is 34.9 Å². The van der Waals surface area contributed by atoms with Gasteiger partial charge in [-0.05, 0) is 43.0 Å². The van der Waals surface area contributed by atoms with Crippen molar-refractivity contribution in [1.82, 2.24) is 20.2 Å². The molecule has 2 aliphatic rings. The lowest BCUT2D eigenvalue weighted by Crippen LogP contribution is -2.47. The van der Waals surface area contributed by atoms with Gasteiger partial charge in [0.05, 0.1) is 6.42 Å². The highest BCUT2D eigenvalue weighted by Crippen LogP contribution is 2.27. The molecule has 3 heterocycles. The van der Waals surface area contributed by atoms with Crippen LogP contribution in [0.3, 0.4) is 0 Å². The molecule has 1 saturated heterocycles. The largest absolute Gasteiger partial charge is 0.348 e. The van der Waals surface area contributed by atoms with Gasteiger partial charge in [0.2, 0.25) is 11.8 Å². The standard InChI is InChI=1S/C23H29N5O3S/c29-19(14-16-4-1-2-5-16)27-22-21(24-9-10-25-22)23(31)26-17-7-11-28(12-8-17)20(30)15-18-6-3-13-32-18/h3,6,9-10,13,16-17H,1-2,4-5,7-8,11-12,14-15H2,(H,26,31)(H,25,27,29). The van der Waals surface area contributed by atoms with Gasteiger partial charge in [-0.3, -0.25) is 14.4 Å². The maximum Gasteiger partial charge on any atom is 0.273 e. The number of hydrogen-bond donors (Lipinski definition) is 2. The highest BCUT2D eigenvalue weighted by atomic mass is 32.1. The molecule has 2 aromatic rings. The van der Waals surface area contributed by atoms with Gasteiger partial charge >= 0.3 is 0 Å². The van der Waals surface area contributed by atoms with Crippen LogP contribution in [0.2, 0.25) is 0 Å². The normalized spacial score (nSPS) is 17.3. The van der Waals surface area contributed by atoms with E-state index in [-0.39, 0.29) is 35.3 Å². The molecule has 1 aliphatic heterocycles. The summed E-state index contributed by atoms with van der Waals surface area (Å²) in [6.07, 6.45) is 9.69. The third-order valence-corrected chi connectivity index (χ3v) is 7.08. The van der Waals surface area contributed by atoms with Crippen molar-refractivity contribution in [2.24, 2.45) is 5.92 Å². The van der Waals surface area contributed by atoms with Crippen LogP contribution in [0, 0.1) is 5.92 Å². The Morgan fingerprint density at radius 1 is 1.06 bits per heavy atom. The van der Waals surface area contributed by atoms with Gasteiger partial charge in [0.1, 0.15) is 0 Å². The van der Waals surface area contributed by atoms with Crippen LogP contribution in [0.1, 0.15) is 60.3 Å². The van der Waals surface area contributed by atoms with Crippen molar-refractivity contribution in [3.63, 3.8) is 0 Å². The van der Waals surface area contributed by atoms with E-state index >= 15 is 0 Å². The second-order valence-electron chi connectivity index (χ2n) is 8.54. The van der Waals surface area contributed by atoms with E-state index in [1.807, 2.05) is 22.4 Å². The van der Waals surface area contributed by atoms with E-state index in [0.717, 1.165) is 17.7 Å². The summed E-state index contributed by atoms with van der Waals surface area (Å²) in [4.78, 5) is 49.0. The summed E-state index contributed by atoms with van der Waals surface area (Å²) < 4.78 is 0. The van der Waals surface area contributed by atoms with Crippen LogP contribution in [-0.2, 0) is 16.0 Å². The molecule has 4 rings (SSSR count). The first kappa shape index (κ1) is 22.4. The van der Waals surface area contributed by atoms with Crippen LogP contribution in [-0.4, -0.2) is 51.7 Å². The molecular weight excluding hydrogens is 426 g/mol. The lowest BCUT2D eigenvalue weighted by Gasteiger charge is -2.32. The van der Waals surface area contributed by atoms with Crippen LogP contribution in [0.5, 0.6) is 0 Å². The zero-order chi connectivity index (χ0) is 22.3. The van der Waals surface area contributed by atoms with E-state index in [9.17, 15) is 14.4 Å². The van der Waals surface area contributed by atoms with Gasteiger partial charge in [-0.2, -0.15) is 0 Å². The molecule has 0 unspecified atom stereocenters. The Morgan fingerprint density at radius 2 is 1.81 bits per heavy atom. The van der Waals surface area contributed by atoms with Crippen LogP contribution in [0.15, 0.2) is 29.9 Å². The van der Waals surface area contributed by atoms with Crippen molar-refractivity contribution in [3.8, 4) is 0 Å². The highest BCUT2D eigenvalue weighted by Gasteiger charge is 2.26. The highest BCUT2D eigenvalue weighted by molar-refractivity contribution is 7.10. The summed E-state index contributed by atoms with van der Waals surface area (Å²) in [6, 6.07) is 3.88. The summed E-state index contributed by atoms with van der Waals surface area (Å²) in [5, 5.41) is 7.75. The van der Waals surface area contributed by atoms with Crippen LogP contribution >= 0.6 is 11.3 Å². The first-order valence-corrected chi connectivity index (χ1v) is 12.2. The number of amides is 3. The number of carbonyl (C=O) groups excluding carboxylic acids is 3. The molecule has 2 fully saturated rings. The molecule has 0 aromatic carbocycles. The summed E-state index contributed by atoms with van der Waals surface area (Å²) in [7, 11) is 0. The van der Waals surface area contributed by atoms with Crippen molar-refractivity contribution in [2.75, 3.05) is 18.4 Å². The zero-order valence-electron chi connectivity index (χ0n) is 18.1. The minimum atomic E-state index is -0.349. The van der Waals surface area contributed by atoms with Crippen molar-refractivity contribution < 1.29 is 14.4 Å². The quantitative estimate of drug-likeness (QED) is 0.668. The molecular formula is C23H29N5O3S. The number of thiophene rings is 1. The van der Waals surface area contributed by atoms with Crippen molar-refractivity contribution in [1.29, 1.82) is 0 Å². The van der Waals surface area contributed by atoms with E-state index in [0.29, 0.717) is 44.7 Å². The number of piperidine rings is 1. The lowest BCUT2D eigenvalue weighted by molar-refractivity contribution is -0.131. The van der Waals surface area contributed by atoms with Gasteiger partial charge < -0.3 is 15.5 Å². The minimum absolute atomic E-state index is 0.0441. The number of hydrogen-bond acceptors (Lipinski definition) is 6. The molecule has 3 amide bonds. The van der Waals surface area contributed by atoms with Crippen LogP contribution < -0.4 is 10.6 Å². The van der Waals surface area contributed by atoms with Gasteiger partial charge in [-0.15, -0.1) is 11.3 Å². The van der Waals surface area contributed by atoms with E-state index < -0.39 is 0 Å². The molecule has 0 spiro atoms. The molecule has 2 aromatic heterocycles. The fraction of sp³-hybridized carbons (Fsp3) is 0.522. The second kappa shape index (κ2) is 10.7. The molecule has 32 heavy (non-hydrogen) atoms. The topological polar surface area (TPSA) is 104 Å². The number of nitrogens with one attached hydrogen (secondary N) is 2. The molecule has 1 saturated carbocycles. The van der Waals surface area contributed by atoms with Crippen molar-refractivity contribution in [2.45, 2.75) is 57.4 Å². The summed E-state index contributed by atoms with van der Waals surface area (Å²) in [5.41, 5.74) is 0.128. The minimum Gasteiger partial charge on any atom is -0.348 e. The number of anilines is 1. The zero-order valence-corrected chi connectivity index (χ0v) is 18.9. The monoisotopic (exact) mass is 455 g/mol. The maximum atomic E-state index is 12.8. The number of nitrogens with zero attached hydrogens (tertiary/aromatic N) is 3. The van der Waals surface area contributed by atoms with E-state index in [1.165, 1.54) is 25.2 Å². The van der Waals surface area contributed by atoms with Crippen molar-refractivity contribution in [3.05, 3.63) is 40.5 Å². The fourth-order valence-corrected chi connectivity index (χ4v) is 5.15. The Morgan fingerprint density at radius 3 is 2.53 bits per heavy atom. The predicted octanol–water partition coefficient (Wildman–Crippen LogP) is 3.02. The van der Waals surface area contributed by atoms with Gasteiger partial charge in [0.25, 0.3) is 5.91 Å². The number of rotatable bonds is 7. The first-order chi connectivity index (χ1) is 15.6. The second-order valence-corrected chi connectivity index (χ2v) is 9.57. The number of likely N-dealkylation sites (tertiary alicyclic amines) is 1. The average molecular weight is 456 g/mol. The van der Waals surface area contributed by atoms with Crippen LogP contribution in [0.25, 0.3) is 0 Å². The molecule has 8 nitrogen and oxygen atoms in total. The van der Waals surface area contributed by atoms with Gasteiger partial charge in [0, 0.05) is 42.8 Å². The number of carbonyl (C=O) groups is 3. The maximum absolute atomic E-state index is 12.8. The molecule has 170 valence electrons. The predicted molar refractivity (Wildman–Crippen MR) is 122 cm³/mol. The SMILES string of the molecule is O=C(CC1CCCC1)Nc1nccnc1C(=O)NC1CCN(C(=O)Cc2cccs2)CC1. The third-order valence-electron chi connectivity index (χ3n) is 6.21. The van der Waals surface area contributed by atoms with Crippen LogP contribution in [0.4, 0.5) is 5.82 Å². The van der Waals surface area contributed by atoms with Gasteiger partial charge in [0.15, 0.2) is 11.5 Å². The lowest BCUT2D eigenvalue weighted by atomic mass is 10.0. The molecule has 0 atom stereocenters. The van der Waals surface area contributed by atoms with Gasteiger partial charge in [-0.1, -0.05) is 18.9 Å². The van der Waals surface area contributed by atoms with Gasteiger partial charge in [-0.25, -0.2) is 9.97 Å². The Kier molecular flexibility index (Phi) is 7.47. The molecule has 9 heteroatoms. The number of aromatic nitrogens is 2. The Hall–Kier alpha value is -2.81. The molecule has 1 aliphatic carbocycles. The van der Waals surface area contributed by atoms with E-state index in [2.05, 4.69) is 20.6 Å². The Bertz CT molecular complexity index is 935. The Balaban J connectivity index is 1.28. The Labute approximate surface area is 191 Å². The fourth-order valence-electron chi connectivity index (χ4n) is 4.46. The summed E-state index contributed by atoms with van der Waals surface area (Å²) in [6.45, 7) is 1.22. The molecule has 0 bridgehead atoms. The smallest absolute Gasteiger partial charge is 0.273 e. The molecule has 2 N–H and O–H groups in total. The molecule has 0 radical (unpaired) electrons. The summed E-state index contributed by atoms with van der Waals surface area (Å²) in [5.74, 6) is 0.272. The first-order valence-electron chi connectivity index (χ1n) is 11.3. The van der Waals surface area contributed by atoms with E-state index in [4.69, 9.17) is 0 Å².